The Hall–Kier alpha value is -2.16. The summed E-state index contributed by atoms with van der Waals surface area (Å²) >= 11 is 0. The molecule has 0 radical (unpaired) electrons. The number of methoxy groups -OCH3 is 1. The predicted molar refractivity (Wildman–Crippen MR) is 101 cm³/mol. The lowest BCUT2D eigenvalue weighted by molar-refractivity contribution is 0.396. The van der Waals surface area contributed by atoms with Crippen molar-refractivity contribution in [3.63, 3.8) is 0 Å². The molecule has 3 rings (SSSR count). The summed E-state index contributed by atoms with van der Waals surface area (Å²) in [5, 5.41) is 0. The molecular formula is C22H26FNO. The Morgan fingerprint density at radius 2 is 1.96 bits per heavy atom. The van der Waals surface area contributed by atoms with E-state index in [9.17, 15) is 4.39 Å². The van der Waals surface area contributed by atoms with Gasteiger partial charge in [-0.25, -0.2) is 9.37 Å². The highest BCUT2D eigenvalue weighted by atomic mass is 19.1. The fourth-order valence-electron chi connectivity index (χ4n) is 3.68. The molecule has 0 unspecified atom stereocenters. The highest BCUT2D eigenvalue weighted by Gasteiger charge is 2.29. The van der Waals surface area contributed by atoms with Crippen LogP contribution >= 0.6 is 0 Å². The zero-order chi connectivity index (χ0) is 18.0. The molecule has 0 N–H and O–H groups in total. The van der Waals surface area contributed by atoms with Crippen LogP contribution in [0.1, 0.15) is 51.2 Å². The van der Waals surface area contributed by atoms with Gasteiger partial charge in [0, 0.05) is 11.6 Å². The van der Waals surface area contributed by atoms with Crippen LogP contribution in [0, 0.1) is 11.2 Å². The number of allylic oxidation sites excluding steroid dienone is 2. The first-order chi connectivity index (χ1) is 12.0. The molecule has 2 nitrogen and oxygen atoms in total. The minimum atomic E-state index is -0.319. The van der Waals surface area contributed by atoms with E-state index in [0.29, 0.717) is 11.4 Å². The maximum Gasteiger partial charge on any atom is 0.213 e. The predicted octanol–water partition coefficient (Wildman–Crippen LogP) is 6.05. The minimum absolute atomic E-state index is 0.0902. The molecule has 0 spiro atoms. The number of halogens is 1. The number of benzene rings is 1. The fraction of sp³-hybridized carbons (Fsp3) is 0.409. The van der Waals surface area contributed by atoms with Crippen molar-refractivity contribution in [2.75, 3.05) is 7.11 Å². The second-order valence-electron chi connectivity index (χ2n) is 7.33. The Kier molecular flexibility index (Phi) is 4.94. The van der Waals surface area contributed by atoms with Crippen LogP contribution in [-0.2, 0) is 6.42 Å². The van der Waals surface area contributed by atoms with Crippen LogP contribution in [-0.4, -0.2) is 12.1 Å². The van der Waals surface area contributed by atoms with E-state index >= 15 is 0 Å². The first-order valence-corrected chi connectivity index (χ1v) is 9.00. The number of hydrogen-bond acceptors (Lipinski definition) is 2. The van der Waals surface area contributed by atoms with Gasteiger partial charge in [-0.05, 0) is 53.4 Å². The molecule has 2 aromatic rings. The first kappa shape index (κ1) is 17.7. The Morgan fingerprint density at radius 3 is 2.64 bits per heavy atom. The normalized spacial score (nSPS) is 16.4. The summed E-state index contributed by atoms with van der Waals surface area (Å²) in [4.78, 5) is 3.98. The average Bonchev–Trinajstić information content (AvgIpc) is 2.61. The summed E-state index contributed by atoms with van der Waals surface area (Å²) in [7, 11) is 1.55. The molecule has 0 saturated heterocycles. The topological polar surface area (TPSA) is 22.1 Å². The summed E-state index contributed by atoms with van der Waals surface area (Å²) in [5.74, 6) is 0.110. The molecule has 0 amide bonds. The second-order valence-corrected chi connectivity index (χ2v) is 7.33. The summed E-state index contributed by atoms with van der Waals surface area (Å²) in [6, 6.07) is 8.04. The van der Waals surface area contributed by atoms with Crippen LogP contribution in [0.2, 0.25) is 0 Å². The van der Waals surface area contributed by atoms with Crippen molar-refractivity contribution >= 4 is 5.57 Å². The maximum atomic E-state index is 14.6. The van der Waals surface area contributed by atoms with Crippen molar-refractivity contribution in [1.29, 1.82) is 0 Å². The van der Waals surface area contributed by atoms with E-state index in [1.807, 2.05) is 6.07 Å². The highest BCUT2D eigenvalue weighted by molar-refractivity contribution is 5.84. The van der Waals surface area contributed by atoms with Crippen molar-refractivity contribution in [1.82, 2.24) is 4.98 Å². The van der Waals surface area contributed by atoms with Gasteiger partial charge in [-0.3, -0.25) is 0 Å². The number of aryl methyl sites for hydroxylation is 1. The zero-order valence-corrected chi connectivity index (χ0v) is 15.5. The average molecular weight is 339 g/mol. The van der Waals surface area contributed by atoms with Gasteiger partial charge in [0.1, 0.15) is 5.82 Å². The van der Waals surface area contributed by atoms with E-state index in [4.69, 9.17) is 4.74 Å². The van der Waals surface area contributed by atoms with Crippen molar-refractivity contribution in [3.8, 4) is 17.0 Å². The van der Waals surface area contributed by atoms with Gasteiger partial charge in [0.15, 0.2) is 0 Å². The molecule has 1 aromatic carbocycles. The van der Waals surface area contributed by atoms with Gasteiger partial charge >= 0.3 is 0 Å². The molecule has 25 heavy (non-hydrogen) atoms. The number of aromatic nitrogens is 1. The lowest BCUT2D eigenvalue weighted by Gasteiger charge is -2.33. The lowest BCUT2D eigenvalue weighted by Crippen LogP contribution is -2.17. The summed E-state index contributed by atoms with van der Waals surface area (Å²) in [6.07, 6.45) is 7.97. The standard InChI is InChI=1S/C22H26FNO/c1-5-15-9-10-16(18-13-21(25-4)24-14-20(18)23)17(12-15)19-8-6-7-11-22(19,2)3/h8-10,12-14H,5-7,11H2,1-4H3. The van der Waals surface area contributed by atoms with Gasteiger partial charge in [0.25, 0.3) is 0 Å². The lowest BCUT2D eigenvalue weighted by atomic mass is 9.71. The van der Waals surface area contributed by atoms with Gasteiger partial charge < -0.3 is 4.74 Å². The van der Waals surface area contributed by atoms with E-state index in [2.05, 4.69) is 44.0 Å². The van der Waals surface area contributed by atoms with Crippen molar-refractivity contribution in [2.24, 2.45) is 5.41 Å². The molecular weight excluding hydrogens is 313 g/mol. The van der Waals surface area contributed by atoms with Crippen LogP contribution in [0.15, 0.2) is 36.5 Å². The van der Waals surface area contributed by atoms with Crippen LogP contribution in [0.4, 0.5) is 4.39 Å². The van der Waals surface area contributed by atoms with Gasteiger partial charge in [-0.1, -0.05) is 45.0 Å². The van der Waals surface area contributed by atoms with Crippen LogP contribution in [0.5, 0.6) is 5.88 Å². The van der Waals surface area contributed by atoms with Crippen LogP contribution in [0.3, 0.4) is 0 Å². The number of nitrogens with zero attached hydrogens (tertiary/aromatic N) is 1. The molecule has 1 heterocycles. The quantitative estimate of drug-likeness (QED) is 0.676. The number of hydrogen-bond donors (Lipinski definition) is 0. The van der Waals surface area contributed by atoms with Gasteiger partial charge in [0.2, 0.25) is 5.88 Å². The number of ether oxygens (including phenoxy) is 1. The van der Waals surface area contributed by atoms with Crippen LogP contribution < -0.4 is 4.74 Å². The zero-order valence-electron chi connectivity index (χ0n) is 15.5. The summed E-state index contributed by atoms with van der Waals surface area (Å²) in [5.41, 5.74) is 5.27. The summed E-state index contributed by atoms with van der Waals surface area (Å²) < 4.78 is 19.8. The van der Waals surface area contributed by atoms with E-state index < -0.39 is 0 Å². The van der Waals surface area contributed by atoms with Crippen LogP contribution in [0.25, 0.3) is 16.7 Å². The monoisotopic (exact) mass is 339 g/mol. The van der Waals surface area contributed by atoms with E-state index in [0.717, 1.165) is 30.4 Å². The SMILES string of the molecule is CCc1ccc(-c2cc(OC)ncc2F)c(C2=CCCCC2(C)C)c1. The molecule has 0 fully saturated rings. The third-order valence-electron chi connectivity index (χ3n) is 5.20. The third kappa shape index (κ3) is 3.46. The molecule has 0 bridgehead atoms. The maximum absolute atomic E-state index is 14.6. The Labute approximate surface area is 149 Å². The third-order valence-corrected chi connectivity index (χ3v) is 5.20. The smallest absolute Gasteiger partial charge is 0.213 e. The van der Waals surface area contributed by atoms with Gasteiger partial charge in [-0.15, -0.1) is 0 Å². The van der Waals surface area contributed by atoms with Gasteiger partial charge in [-0.2, -0.15) is 0 Å². The van der Waals surface area contributed by atoms with E-state index in [1.54, 1.807) is 13.2 Å². The number of rotatable bonds is 4. The Balaban J connectivity index is 2.23. The highest BCUT2D eigenvalue weighted by Crippen LogP contribution is 2.46. The molecule has 3 heteroatoms. The van der Waals surface area contributed by atoms with Crippen molar-refractivity contribution in [3.05, 3.63) is 53.5 Å². The largest absolute Gasteiger partial charge is 0.481 e. The molecule has 0 atom stereocenters. The van der Waals surface area contributed by atoms with E-state index in [-0.39, 0.29) is 11.2 Å². The first-order valence-electron chi connectivity index (χ1n) is 9.00. The second kappa shape index (κ2) is 6.99. The molecule has 1 aliphatic carbocycles. The molecule has 1 aliphatic rings. The molecule has 1 aromatic heterocycles. The Morgan fingerprint density at radius 1 is 1.16 bits per heavy atom. The fourth-order valence-corrected chi connectivity index (χ4v) is 3.68. The molecule has 0 saturated carbocycles. The van der Waals surface area contributed by atoms with Crippen molar-refractivity contribution in [2.45, 2.75) is 46.5 Å². The minimum Gasteiger partial charge on any atom is -0.481 e. The molecule has 132 valence electrons. The summed E-state index contributed by atoms with van der Waals surface area (Å²) in [6.45, 7) is 6.71. The van der Waals surface area contributed by atoms with E-state index in [1.165, 1.54) is 23.8 Å². The van der Waals surface area contributed by atoms with Gasteiger partial charge in [0.05, 0.1) is 13.3 Å². The molecule has 0 aliphatic heterocycles. The number of pyridine rings is 1. The van der Waals surface area contributed by atoms with Crippen molar-refractivity contribution < 1.29 is 9.13 Å². The Bertz CT molecular complexity index is 808.